The number of thiophene rings is 1. The molecule has 1 aromatic rings. The molecule has 0 saturated carbocycles. The summed E-state index contributed by atoms with van der Waals surface area (Å²) in [6.07, 6.45) is 3.99. The molecule has 1 atom stereocenters. The summed E-state index contributed by atoms with van der Waals surface area (Å²) in [5.41, 5.74) is 0.310. The summed E-state index contributed by atoms with van der Waals surface area (Å²) < 4.78 is 0. The Kier molecular flexibility index (Phi) is 4.00. The zero-order valence-electron chi connectivity index (χ0n) is 10.3. The van der Waals surface area contributed by atoms with Crippen molar-refractivity contribution in [3.05, 3.63) is 21.9 Å². The second-order valence-corrected chi connectivity index (χ2v) is 6.43. The molecule has 0 spiro atoms. The molecule has 1 fully saturated rings. The Bertz CT molecular complexity index is 326. The first-order valence-electron chi connectivity index (χ1n) is 6.19. The van der Waals surface area contributed by atoms with E-state index in [0.29, 0.717) is 5.54 Å². The van der Waals surface area contributed by atoms with E-state index < -0.39 is 0 Å². The van der Waals surface area contributed by atoms with Crippen LogP contribution in [-0.2, 0) is 6.54 Å². The molecule has 3 heteroatoms. The smallest absolute Gasteiger partial charge is 0.0300 e. The van der Waals surface area contributed by atoms with Crippen molar-refractivity contribution in [2.75, 3.05) is 13.1 Å². The highest BCUT2D eigenvalue weighted by molar-refractivity contribution is 7.11. The molecule has 1 aliphatic heterocycles. The van der Waals surface area contributed by atoms with Gasteiger partial charge in [0.25, 0.3) is 0 Å². The number of aryl methyl sites for hydroxylation is 1. The highest BCUT2D eigenvalue weighted by Crippen LogP contribution is 2.18. The molecule has 1 unspecified atom stereocenters. The lowest BCUT2D eigenvalue weighted by molar-refractivity contribution is 0.267. The lowest BCUT2D eigenvalue weighted by atomic mass is 9.91. The van der Waals surface area contributed by atoms with Crippen LogP contribution in [0.3, 0.4) is 0 Å². The maximum absolute atomic E-state index is 3.63. The molecule has 90 valence electrons. The second kappa shape index (κ2) is 5.30. The summed E-state index contributed by atoms with van der Waals surface area (Å²) in [7, 11) is 0. The summed E-state index contributed by atoms with van der Waals surface area (Å²) in [6, 6.07) is 4.42. The Hall–Kier alpha value is -0.380. The van der Waals surface area contributed by atoms with Crippen LogP contribution in [0.15, 0.2) is 12.1 Å². The SMILES string of the molecule is Cc1ccc(CNCC2(C)CCCCN2)s1. The predicted molar refractivity (Wildman–Crippen MR) is 71.0 cm³/mol. The van der Waals surface area contributed by atoms with Crippen molar-refractivity contribution in [2.45, 2.75) is 45.2 Å². The molecule has 0 bridgehead atoms. The Morgan fingerprint density at radius 2 is 2.31 bits per heavy atom. The third-order valence-electron chi connectivity index (χ3n) is 3.32. The molecule has 2 N–H and O–H groups in total. The lowest BCUT2D eigenvalue weighted by Gasteiger charge is -2.35. The highest BCUT2D eigenvalue weighted by atomic mass is 32.1. The van der Waals surface area contributed by atoms with Gasteiger partial charge in [0.2, 0.25) is 0 Å². The van der Waals surface area contributed by atoms with Gasteiger partial charge in [-0.15, -0.1) is 11.3 Å². The molecule has 1 aromatic heterocycles. The molecule has 16 heavy (non-hydrogen) atoms. The quantitative estimate of drug-likeness (QED) is 0.843. The van der Waals surface area contributed by atoms with Crippen molar-refractivity contribution in [1.29, 1.82) is 0 Å². The van der Waals surface area contributed by atoms with E-state index in [2.05, 4.69) is 36.6 Å². The van der Waals surface area contributed by atoms with Gasteiger partial charge in [0.05, 0.1) is 0 Å². The van der Waals surface area contributed by atoms with Gasteiger partial charge in [0.15, 0.2) is 0 Å². The first-order chi connectivity index (χ1) is 7.68. The molecule has 2 heterocycles. The number of hydrogen-bond acceptors (Lipinski definition) is 3. The Morgan fingerprint density at radius 3 is 2.94 bits per heavy atom. The van der Waals surface area contributed by atoms with Crippen LogP contribution in [0.5, 0.6) is 0 Å². The maximum Gasteiger partial charge on any atom is 0.0300 e. The minimum absolute atomic E-state index is 0.310. The van der Waals surface area contributed by atoms with E-state index in [4.69, 9.17) is 0 Å². The van der Waals surface area contributed by atoms with E-state index in [1.54, 1.807) is 0 Å². The van der Waals surface area contributed by atoms with Crippen LogP contribution in [-0.4, -0.2) is 18.6 Å². The van der Waals surface area contributed by atoms with Crippen LogP contribution in [0.4, 0.5) is 0 Å². The topological polar surface area (TPSA) is 24.1 Å². The van der Waals surface area contributed by atoms with Gasteiger partial charge in [-0.2, -0.15) is 0 Å². The Labute approximate surface area is 102 Å². The van der Waals surface area contributed by atoms with Gasteiger partial charge in [0, 0.05) is 28.4 Å². The van der Waals surface area contributed by atoms with Gasteiger partial charge in [-0.1, -0.05) is 6.42 Å². The van der Waals surface area contributed by atoms with Crippen LogP contribution < -0.4 is 10.6 Å². The molecular weight excluding hydrogens is 216 g/mol. The van der Waals surface area contributed by atoms with Crippen LogP contribution >= 0.6 is 11.3 Å². The first kappa shape index (κ1) is 12.1. The summed E-state index contributed by atoms with van der Waals surface area (Å²) >= 11 is 1.89. The number of rotatable bonds is 4. The zero-order valence-corrected chi connectivity index (χ0v) is 11.1. The fourth-order valence-corrected chi connectivity index (χ4v) is 3.17. The van der Waals surface area contributed by atoms with Gasteiger partial charge < -0.3 is 10.6 Å². The van der Waals surface area contributed by atoms with Crippen molar-refractivity contribution >= 4 is 11.3 Å². The van der Waals surface area contributed by atoms with Gasteiger partial charge in [-0.05, 0) is 45.4 Å². The minimum atomic E-state index is 0.310. The summed E-state index contributed by atoms with van der Waals surface area (Å²) in [5.74, 6) is 0. The van der Waals surface area contributed by atoms with Crippen molar-refractivity contribution in [2.24, 2.45) is 0 Å². The van der Waals surface area contributed by atoms with Crippen molar-refractivity contribution in [3.8, 4) is 0 Å². The van der Waals surface area contributed by atoms with E-state index >= 15 is 0 Å². The van der Waals surface area contributed by atoms with Crippen LogP contribution in [0.25, 0.3) is 0 Å². The van der Waals surface area contributed by atoms with E-state index in [-0.39, 0.29) is 0 Å². The molecule has 1 aliphatic rings. The molecule has 0 radical (unpaired) electrons. The fraction of sp³-hybridized carbons (Fsp3) is 0.692. The monoisotopic (exact) mass is 238 g/mol. The number of hydrogen-bond donors (Lipinski definition) is 2. The Morgan fingerprint density at radius 1 is 1.44 bits per heavy atom. The van der Waals surface area contributed by atoms with Crippen LogP contribution in [0, 0.1) is 6.92 Å². The van der Waals surface area contributed by atoms with Crippen molar-refractivity contribution < 1.29 is 0 Å². The van der Waals surface area contributed by atoms with Gasteiger partial charge in [-0.3, -0.25) is 0 Å². The standard InChI is InChI=1S/C13H22N2S/c1-11-5-6-12(16-11)9-14-10-13(2)7-3-4-8-15-13/h5-6,14-15H,3-4,7-10H2,1-2H3. The number of piperidine rings is 1. The van der Waals surface area contributed by atoms with E-state index in [1.165, 1.54) is 35.6 Å². The van der Waals surface area contributed by atoms with Crippen molar-refractivity contribution in [1.82, 2.24) is 10.6 Å². The van der Waals surface area contributed by atoms with E-state index in [9.17, 15) is 0 Å². The number of nitrogens with one attached hydrogen (secondary N) is 2. The normalized spacial score (nSPS) is 25.9. The molecule has 1 saturated heterocycles. The minimum Gasteiger partial charge on any atom is -0.310 e. The fourth-order valence-electron chi connectivity index (χ4n) is 2.31. The molecular formula is C13H22N2S. The summed E-state index contributed by atoms with van der Waals surface area (Å²) in [6.45, 7) is 7.76. The lowest BCUT2D eigenvalue weighted by Crippen LogP contribution is -2.52. The van der Waals surface area contributed by atoms with E-state index in [1.807, 2.05) is 11.3 Å². The van der Waals surface area contributed by atoms with Crippen LogP contribution in [0.1, 0.15) is 35.9 Å². The zero-order chi connectivity index (χ0) is 11.4. The van der Waals surface area contributed by atoms with E-state index in [0.717, 1.165) is 13.1 Å². The third kappa shape index (κ3) is 3.30. The first-order valence-corrected chi connectivity index (χ1v) is 7.01. The molecule has 0 amide bonds. The average Bonchev–Trinajstić information content (AvgIpc) is 2.65. The Balaban J connectivity index is 1.74. The molecule has 2 nitrogen and oxygen atoms in total. The average molecular weight is 238 g/mol. The molecule has 0 aliphatic carbocycles. The van der Waals surface area contributed by atoms with Gasteiger partial charge in [0.1, 0.15) is 0 Å². The highest BCUT2D eigenvalue weighted by Gasteiger charge is 2.25. The largest absolute Gasteiger partial charge is 0.310 e. The molecule has 2 rings (SSSR count). The summed E-state index contributed by atoms with van der Waals surface area (Å²) in [5, 5.41) is 7.20. The van der Waals surface area contributed by atoms with Crippen LogP contribution in [0.2, 0.25) is 0 Å². The van der Waals surface area contributed by atoms with Crippen molar-refractivity contribution in [3.63, 3.8) is 0 Å². The third-order valence-corrected chi connectivity index (χ3v) is 4.32. The van der Waals surface area contributed by atoms with Gasteiger partial charge in [-0.25, -0.2) is 0 Å². The predicted octanol–water partition coefficient (Wildman–Crippen LogP) is 2.68. The molecule has 0 aromatic carbocycles. The maximum atomic E-state index is 3.63. The van der Waals surface area contributed by atoms with Gasteiger partial charge >= 0.3 is 0 Å². The second-order valence-electron chi connectivity index (χ2n) is 5.06. The summed E-state index contributed by atoms with van der Waals surface area (Å²) in [4.78, 5) is 2.84.